The van der Waals surface area contributed by atoms with Crippen LogP contribution in [-0.2, 0) is 0 Å². The van der Waals surface area contributed by atoms with Gasteiger partial charge in [0.2, 0.25) is 0 Å². The van der Waals surface area contributed by atoms with Crippen molar-refractivity contribution in [3.05, 3.63) is 0 Å². The maximum Gasteiger partial charge on any atom is 0.102 e. The van der Waals surface area contributed by atoms with Crippen molar-refractivity contribution in [2.45, 2.75) is 18.7 Å². The third-order valence-corrected chi connectivity index (χ3v) is 1.21. The summed E-state index contributed by atoms with van der Waals surface area (Å²) in [6.45, 7) is 2.90. The van der Waals surface area contributed by atoms with Crippen molar-refractivity contribution >= 4 is 11.6 Å². The first kappa shape index (κ1) is 9.18. The molecule has 3 heteroatoms. The van der Waals surface area contributed by atoms with Gasteiger partial charge in [-0.3, -0.25) is 0 Å². The van der Waals surface area contributed by atoms with Crippen LogP contribution in [0.3, 0.4) is 0 Å². The predicted molar refractivity (Wildman–Crippen MR) is 38.8 cm³/mol. The molecule has 0 radical (unpaired) electrons. The number of halogens is 2. The van der Waals surface area contributed by atoms with Crippen molar-refractivity contribution in [2.24, 2.45) is 0 Å². The van der Waals surface area contributed by atoms with E-state index in [9.17, 15) is 4.39 Å². The third-order valence-electron chi connectivity index (χ3n) is 0.990. The van der Waals surface area contributed by atoms with E-state index in [0.717, 1.165) is 13.0 Å². The summed E-state index contributed by atoms with van der Waals surface area (Å²) in [5.74, 6) is 0. The van der Waals surface area contributed by atoms with Crippen molar-refractivity contribution < 1.29 is 4.39 Å². The molecular formula is C6H13ClFN. The molecule has 0 aromatic heterocycles. The average Bonchev–Trinajstić information content (AvgIpc) is 1.80. The highest BCUT2D eigenvalue weighted by atomic mass is 35.5. The fourth-order valence-corrected chi connectivity index (χ4v) is 0.602. The minimum atomic E-state index is -0.295. The molecule has 0 aromatic rings. The fraction of sp³-hybridized carbons (Fsp3) is 1.00. The zero-order valence-corrected chi connectivity index (χ0v) is 6.42. The van der Waals surface area contributed by atoms with E-state index in [-0.39, 0.29) is 12.1 Å². The number of hydrogen-bond donors (Lipinski definition) is 1. The molecule has 0 bridgehead atoms. The topological polar surface area (TPSA) is 12.0 Å². The Kier molecular flexibility index (Phi) is 6.43. The van der Waals surface area contributed by atoms with E-state index in [1.54, 1.807) is 0 Å². The maximum absolute atomic E-state index is 11.4. The summed E-state index contributed by atoms with van der Waals surface area (Å²) in [5, 5.41) is 3.10. The van der Waals surface area contributed by atoms with Gasteiger partial charge in [0.05, 0.1) is 0 Å². The smallest absolute Gasteiger partial charge is 0.102 e. The van der Waals surface area contributed by atoms with Crippen LogP contribution in [0.4, 0.5) is 4.39 Å². The number of hydrogen-bond acceptors (Lipinski definition) is 1. The zero-order chi connectivity index (χ0) is 7.11. The number of alkyl halides is 2. The van der Waals surface area contributed by atoms with Crippen LogP contribution in [0, 0.1) is 0 Å². The molecular weight excluding hydrogens is 141 g/mol. The molecule has 0 aliphatic rings. The third kappa shape index (κ3) is 8.18. The molecule has 1 N–H and O–H groups in total. The molecule has 0 saturated heterocycles. The quantitative estimate of drug-likeness (QED) is 0.467. The molecule has 1 atom stereocenters. The van der Waals surface area contributed by atoms with Gasteiger partial charge in [-0.15, -0.1) is 11.6 Å². The summed E-state index contributed by atoms with van der Waals surface area (Å²) in [6.07, 6.45) is 0.904. The highest BCUT2D eigenvalue weighted by molar-refractivity contribution is 6.20. The Hall–Kier alpha value is 0.180. The summed E-state index contributed by atoms with van der Waals surface area (Å²) in [4.78, 5) is 0. The molecule has 0 aliphatic carbocycles. The molecule has 0 heterocycles. The van der Waals surface area contributed by atoms with Crippen LogP contribution >= 0.6 is 11.6 Å². The van der Waals surface area contributed by atoms with Gasteiger partial charge in [-0.2, -0.15) is 0 Å². The van der Waals surface area contributed by atoms with Crippen LogP contribution in [0.15, 0.2) is 0 Å². The lowest BCUT2D eigenvalue weighted by molar-refractivity contribution is 0.465. The standard InChI is InChI=1S/C6H13ClFN/c1-6(7)2-4-9-5-3-8/h6,9H,2-5H2,1H3. The Bertz CT molecular complexity index is 59.0. The minimum Gasteiger partial charge on any atom is -0.314 e. The van der Waals surface area contributed by atoms with Gasteiger partial charge in [-0.25, -0.2) is 4.39 Å². The molecule has 1 unspecified atom stereocenters. The van der Waals surface area contributed by atoms with E-state index in [1.165, 1.54) is 0 Å². The Morgan fingerprint density at radius 3 is 2.67 bits per heavy atom. The molecule has 0 aromatic carbocycles. The van der Waals surface area contributed by atoms with Gasteiger partial charge in [0.1, 0.15) is 6.67 Å². The normalized spacial score (nSPS) is 13.7. The van der Waals surface area contributed by atoms with Crippen LogP contribution in [0.25, 0.3) is 0 Å². The lowest BCUT2D eigenvalue weighted by Crippen LogP contribution is -2.19. The highest BCUT2D eigenvalue weighted by Crippen LogP contribution is 1.96. The second kappa shape index (κ2) is 6.30. The van der Waals surface area contributed by atoms with Crippen LogP contribution in [-0.4, -0.2) is 25.1 Å². The second-order valence-electron chi connectivity index (χ2n) is 2.01. The summed E-state index contributed by atoms with van der Waals surface area (Å²) in [7, 11) is 0. The van der Waals surface area contributed by atoms with Crippen LogP contribution < -0.4 is 5.32 Å². The van der Waals surface area contributed by atoms with Gasteiger partial charge in [-0.1, -0.05) is 0 Å². The number of rotatable bonds is 5. The van der Waals surface area contributed by atoms with Gasteiger partial charge >= 0.3 is 0 Å². The van der Waals surface area contributed by atoms with Gasteiger partial charge in [-0.05, 0) is 19.9 Å². The van der Waals surface area contributed by atoms with Gasteiger partial charge in [0.15, 0.2) is 0 Å². The second-order valence-corrected chi connectivity index (χ2v) is 2.75. The summed E-state index contributed by atoms with van der Waals surface area (Å²) in [5.41, 5.74) is 0. The molecule has 0 fully saturated rings. The fourth-order valence-electron chi connectivity index (χ4n) is 0.493. The minimum absolute atomic E-state index is 0.192. The van der Waals surface area contributed by atoms with Gasteiger partial charge in [0.25, 0.3) is 0 Å². The Balaban J connectivity index is 2.75. The van der Waals surface area contributed by atoms with Crippen molar-refractivity contribution in [3.63, 3.8) is 0 Å². The molecule has 56 valence electrons. The molecule has 0 aliphatic heterocycles. The summed E-state index contributed by atoms with van der Waals surface area (Å²) >= 11 is 5.62. The van der Waals surface area contributed by atoms with E-state index in [1.807, 2.05) is 6.92 Å². The van der Waals surface area contributed by atoms with Crippen molar-refractivity contribution in [1.82, 2.24) is 5.32 Å². The zero-order valence-electron chi connectivity index (χ0n) is 5.66. The lowest BCUT2D eigenvalue weighted by Gasteiger charge is -2.01. The predicted octanol–water partition coefficient (Wildman–Crippen LogP) is 1.56. The van der Waals surface area contributed by atoms with E-state index in [4.69, 9.17) is 11.6 Å². The van der Waals surface area contributed by atoms with E-state index in [0.29, 0.717) is 6.54 Å². The maximum atomic E-state index is 11.4. The Morgan fingerprint density at radius 1 is 1.56 bits per heavy atom. The Labute approximate surface area is 60.6 Å². The van der Waals surface area contributed by atoms with Crippen LogP contribution in [0.1, 0.15) is 13.3 Å². The van der Waals surface area contributed by atoms with Gasteiger partial charge < -0.3 is 5.32 Å². The molecule has 9 heavy (non-hydrogen) atoms. The van der Waals surface area contributed by atoms with E-state index >= 15 is 0 Å². The molecule has 0 amide bonds. The highest BCUT2D eigenvalue weighted by Gasteiger charge is 1.93. The van der Waals surface area contributed by atoms with E-state index in [2.05, 4.69) is 5.32 Å². The lowest BCUT2D eigenvalue weighted by atomic mass is 10.3. The van der Waals surface area contributed by atoms with E-state index < -0.39 is 0 Å². The Morgan fingerprint density at radius 2 is 2.22 bits per heavy atom. The largest absolute Gasteiger partial charge is 0.314 e. The summed E-state index contributed by atoms with van der Waals surface area (Å²) in [6, 6.07) is 0. The summed E-state index contributed by atoms with van der Waals surface area (Å²) < 4.78 is 11.4. The monoisotopic (exact) mass is 153 g/mol. The first-order chi connectivity index (χ1) is 4.27. The average molecular weight is 154 g/mol. The first-order valence-corrected chi connectivity index (χ1v) is 3.61. The van der Waals surface area contributed by atoms with Crippen molar-refractivity contribution in [3.8, 4) is 0 Å². The number of nitrogens with one attached hydrogen (secondary N) is 1. The van der Waals surface area contributed by atoms with Gasteiger partial charge in [0, 0.05) is 11.9 Å². The molecule has 0 saturated carbocycles. The molecule has 0 rings (SSSR count). The van der Waals surface area contributed by atoms with Crippen molar-refractivity contribution in [2.75, 3.05) is 19.8 Å². The molecule has 1 nitrogen and oxygen atoms in total. The SMILES string of the molecule is CC(Cl)CCNCCF. The van der Waals surface area contributed by atoms with Crippen molar-refractivity contribution in [1.29, 1.82) is 0 Å². The molecule has 0 spiro atoms. The first-order valence-electron chi connectivity index (χ1n) is 3.18. The van der Waals surface area contributed by atoms with Crippen LogP contribution in [0.5, 0.6) is 0 Å². The van der Waals surface area contributed by atoms with Crippen LogP contribution in [0.2, 0.25) is 0 Å².